The zero-order chi connectivity index (χ0) is 45.1. The van der Waals surface area contributed by atoms with E-state index in [9.17, 15) is 19.2 Å². The third-order valence-corrected chi connectivity index (χ3v) is 15.7. The molecule has 3 aromatic carbocycles. The molecule has 1 amide bonds. The minimum absolute atomic E-state index is 0.00703. The maximum Gasteiger partial charge on any atom is 0.514 e. The molecule has 0 heterocycles. The lowest BCUT2D eigenvalue weighted by Gasteiger charge is -2.64. The summed E-state index contributed by atoms with van der Waals surface area (Å²) >= 11 is 0. The molecular formula is C53H69NO10. The van der Waals surface area contributed by atoms with Crippen LogP contribution in [0.5, 0.6) is 17.2 Å². The van der Waals surface area contributed by atoms with Crippen molar-refractivity contribution in [2.24, 2.45) is 46.3 Å². The van der Waals surface area contributed by atoms with E-state index in [2.05, 4.69) is 33.0 Å². The first-order valence-corrected chi connectivity index (χ1v) is 24.0. The summed E-state index contributed by atoms with van der Waals surface area (Å²) in [4.78, 5) is 53.8. The minimum Gasteiger partial charge on any atom is -0.431 e. The Hall–Kier alpha value is -5.06. The smallest absolute Gasteiger partial charge is 0.431 e. The molecule has 346 valence electrons. The van der Waals surface area contributed by atoms with Crippen molar-refractivity contribution in [2.75, 3.05) is 6.54 Å². The number of benzene rings is 3. The highest BCUT2D eigenvalue weighted by molar-refractivity contribution is 5.75. The Bertz CT molecular complexity index is 1980. The van der Waals surface area contributed by atoms with Gasteiger partial charge in [0.15, 0.2) is 0 Å². The van der Waals surface area contributed by atoms with E-state index < -0.39 is 36.1 Å². The van der Waals surface area contributed by atoms with Crippen molar-refractivity contribution in [1.29, 1.82) is 0 Å². The number of hydrogen-bond donors (Lipinski definition) is 1. The number of fused-ring (bicyclic) bond motifs is 5. The predicted octanol–water partition coefficient (Wildman–Crippen LogP) is 12.5. The number of rotatable bonds is 17. The van der Waals surface area contributed by atoms with Crippen LogP contribution in [-0.2, 0) is 19.0 Å². The Morgan fingerprint density at radius 1 is 0.656 bits per heavy atom. The Labute approximate surface area is 379 Å². The van der Waals surface area contributed by atoms with Gasteiger partial charge in [-0.2, -0.15) is 0 Å². The zero-order valence-corrected chi connectivity index (χ0v) is 38.3. The summed E-state index contributed by atoms with van der Waals surface area (Å²) < 4.78 is 36.0. The van der Waals surface area contributed by atoms with Gasteiger partial charge in [-0.1, -0.05) is 114 Å². The third-order valence-electron chi connectivity index (χ3n) is 15.7. The first-order chi connectivity index (χ1) is 31.0. The van der Waals surface area contributed by atoms with E-state index in [4.69, 9.17) is 28.4 Å². The molecule has 7 rings (SSSR count). The molecule has 4 saturated carbocycles. The van der Waals surface area contributed by atoms with Crippen LogP contribution >= 0.6 is 0 Å². The topological polar surface area (TPSA) is 136 Å². The van der Waals surface area contributed by atoms with Gasteiger partial charge in [0.1, 0.15) is 35.6 Å². The molecule has 0 aliphatic heterocycles. The lowest BCUT2D eigenvalue weighted by molar-refractivity contribution is -0.210. The molecule has 4 fully saturated rings. The van der Waals surface area contributed by atoms with Gasteiger partial charge in [0, 0.05) is 24.3 Å². The summed E-state index contributed by atoms with van der Waals surface area (Å²) in [6.45, 7) is 9.74. The summed E-state index contributed by atoms with van der Waals surface area (Å²) in [6, 6.07) is 26.8. The fourth-order valence-electron chi connectivity index (χ4n) is 12.5. The highest BCUT2D eigenvalue weighted by Crippen LogP contribution is 2.69. The number of hydrogen-bond acceptors (Lipinski definition) is 10. The monoisotopic (exact) mass is 879 g/mol. The van der Waals surface area contributed by atoms with Crippen LogP contribution in [0, 0.1) is 46.3 Å². The van der Waals surface area contributed by atoms with Crippen LogP contribution in [0.4, 0.5) is 14.4 Å². The Morgan fingerprint density at radius 3 is 1.83 bits per heavy atom. The Morgan fingerprint density at radius 2 is 1.22 bits per heavy atom. The van der Waals surface area contributed by atoms with Crippen LogP contribution in [0.2, 0.25) is 0 Å². The highest BCUT2D eigenvalue weighted by Gasteiger charge is 2.68. The van der Waals surface area contributed by atoms with E-state index in [1.807, 2.05) is 42.5 Å². The molecule has 3 aromatic rings. The second-order valence-corrected chi connectivity index (χ2v) is 19.4. The van der Waals surface area contributed by atoms with Crippen molar-refractivity contribution >= 4 is 24.4 Å². The number of carbonyl (C=O) groups is 4. The summed E-state index contributed by atoms with van der Waals surface area (Å²) in [5.41, 5.74) is -0.762. The second kappa shape index (κ2) is 21.7. The summed E-state index contributed by atoms with van der Waals surface area (Å²) in [7, 11) is 0. The van der Waals surface area contributed by atoms with Crippen LogP contribution in [0.3, 0.4) is 0 Å². The van der Waals surface area contributed by atoms with Crippen molar-refractivity contribution in [3.8, 4) is 17.2 Å². The number of carbonyl (C=O) groups excluding carboxylic acids is 4. The second-order valence-electron chi connectivity index (χ2n) is 19.4. The number of ether oxygens (including phenoxy) is 6. The first-order valence-electron chi connectivity index (χ1n) is 24.0. The molecule has 0 unspecified atom stereocenters. The molecule has 4 aliphatic carbocycles. The van der Waals surface area contributed by atoms with Crippen LogP contribution in [0.15, 0.2) is 91.0 Å². The number of para-hydroxylation sites is 3. The fraction of sp³-hybridized carbons (Fsp3) is 0.585. The van der Waals surface area contributed by atoms with Gasteiger partial charge in [0.2, 0.25) is 5.91 Å². The summed E-state index contributed by atoms with van der Waals surface area (Å²) in [5.74, 6) is 1.55. The van der Waals surface area contributed by atoms with Gasteiger partial charge >= 0.3 is 18.5 Å². The molecule has 64 heavy (non-hydrogen) atoms. The van der Waals surface area contributed by atoms with Gasteiger partial charge in [-0.25, -0.2) is 14.4 Å². The number of amides is 1. The van der Waals surface area contributed by atoms with Crippen molar-refractivity contribution in [2.45, 2.75) is 142 Å². The van der Waals surface area contributed by atoms with Gasteiger partial charge in [-0.3, -0.25) is 4.79 Å². The molecule has 0 aromatic heterocycles. The van der Waals surface area contributed by atoms with Gasteiger partial charge in [0.05, 0.1) is 0 Å². The maximum absolute atomic E-state index is 13.8. The molecule has 0 saturated heterocycles. The van der Waals surface area contributed by atoms with Crippen LogP contribution in [0.1, 0.15) is 124 Å². The molecule has 0 bridgehead atoms. The molecule has 0 radical (unpaired) electrons. The van der Waals surface area contributed by atoms with Crippen molar-refractivity contribution in [3.05, 3.63) is 91.0 Å². The Balaban J connectivity index is 1.13. The molecular weight excluding hydrogens is 811 g/mol. The average Bonchev–Trinajstić information content (AvgIpc) is 3.65. The molecule has 11 heteroatoms. The van der Waals surface area contributed by atoms with Gasteiger partial charge in [-0.15, -0.1) is 0 Å². The predicted molar refractivity (Wildman–Crippen MR) is 243 cm³/mol. The first kappa shape index (κ1) is 46.9. The van der Waals surface area contributed by atoms with Crippen LogP contribution < -0.4 is 19.5 Å². The number of nitrogens with one attached hydrogen (secondary N) is 1. The lowest BCUT2D eigenvalue weighted by atomic mass is 9.43. The Kier molecular flexibility index (Phi) is 15.9. The average molecular weight is 880 g/mol. The van der Waals surface area contributed by atoms with Gasteiger partial charge in [-0.05, 0) is 129 Å². The highest BCUT2D eigenvalue weighted by atomic mass is 16.7. The largest absolute Gasteiger partial charge is 0.514 e. The molecule has 1 N–H and O–H groups in total. The van der Waals surface area contributed by atoms with E-state index in [1.165, 1.54) is 25.7 Å². The van der Waals surface area contributed by atoms with Crippen molar-refractivity contribution in [1.82, 2.24) is 5.32 Å². The third kappa shape index (κ3) is 11.2. The fourth-order valence-corrected chi connectivity index (χ4v) is 12.5. The minimum atomic E-state index is -0.755. The van der Waals surface area contributed by atoms with Crippen LogP contribution in [0.25, 0.3) is 0 Å². The van der Waals surface area contributed by atoms with E-state index in [0.717, 1.165) is 32.1 Å². The molecule has 11 atom stereocenters. The van der Waals surface area contributed by atoms with Crippen LogP contribution in [-0.4, -0.2) is 49.2 Å². The van der Waals surface area contributed by atoms with Gasteiger partial charge in [0.25, 0.3) is 0 Å². The molecule has 0 spiro atoms. The van der Waals surface area contributed by atoms with E-state index in [-0.39, 0.29) is 52.9 Å². The van der Waals surface area contributed by atoms with E-state index in [1.54, 1.807) is 48.5 Å². The molecule has 4 aliphatic rings. The van der Waals surface area contributed by atoms with E-state index in [0.29, 0.717) is 62.3 Å². The summed E-state index contributed by atoms with van der Waals surface area (Å²) in [5, 5.41) is 3.16. The zero-order valence-electron chi connectivity index (χ0n) is 38.3. The maximum atomic E-state index is 13.8. The SMILES string of the molecule is CCCCCCCCNC(=O)CC[C@@H](C)[C@H]1CC[C@H]2[C@@H]3[C@H](OC(=O)Oc4ccccc4)C[C@@H]4C[C@H](OC(=O)Oc5ccccc5)CC[C@]4(C)[C@H]3C[C@H](OC(=O)Oc3ccccc3)[C@]12C. The van der Waals surface area contributed by atoms with Crippen molar-refractivity contribution < 1.29 is 47.6 Å². The van der Waals surface area contributed by atoms with E-state index >= 15 is 0 Å². The standard InChI is InChI=1S/C53H69NO10/c1-5-6-7-8-9-19-32-54-47(55)29-26-36(2)42-27-28-43-48-44(35-46(53(42,43)4)64-51(58)61-40-24-17-12-18-25-40)52(3)31-30-41(62-49(56)59-38-20-13-10-14-21-38)33-37(52)34-45(48)63-50(57)60-39-22-15-11-16-23-39/h10-18,20-25,36-37,41-46,48H,5-9,19,26-35H2,1-4H3,(H,54,55)/t36-,37+,41-,42-,43+,44+,45-,46+,48+,52+,53-/m1/s1. The van der Waals surface area contributed by atoms with Crippen molar-refractivity contribution in [3.63, 3.8) is 0 Å². The summed E-state index contributed by atoms with van der Waals surface area (Å²) in [6.07, 6.45) is 9.38. The molecule has 11 nitrogen and oxygen atoms in total. The lowest BCUT2D eigenvalue weighted by Crippen LogP contribution is -2.63. The normalized spacial score (nSPS) is 29.7. The van der Waals surface area contributed by atoms with Gasteiger partial charge < -0.3 is 33.7 Å². The number of unbranched alkanes of at least 4 members (excludes halogenated alkanes) is 5. The quantitative estimate of drug-likeness (QED) is 0.0604.